The molecule has 1 heterocycles. The summed E-state index contributed by atoms with van der Waals surface area (Å²) in [5.74, 6) is -0.602. The van der Waals surface area contributed by atoms with E-state index in [-0.39, 0.29) is 5.56 Å². The van der Waals surface area contributed by atoms with Gasteiger partial charge >= 0.3 is 0 Å². The first-order valence-electron chi connectivity index (χ1n) is 6.06. The van der Waals surface area contributed by atoms with Crippen LogP contribution in [0.15, 0.2) is 34.9 Å². The van der Waals surface area contributed by atoms with Gasteiger partial charge in [-0.05, 0) is 47.1 Å². The number of carbonyl (C=O) groups excluding carboxylic acids is 1. The summed E-state index contributed by atoms with van der Waals surface area (Å²) < 4.78 is 18.9. The second-order valence-electron chi connectivity index (χ2n) is 4.02. The Morgan fingerprint density at radius 2 is 2.24 bits per heavy atom. The largest absolute Gasteiger partial charge is 0.491 e. The van der Waals surface area contributed by atoms with E-state index in [1.54, 1.807) is 12.1 Å². The van der Waals surface area contributed by atoms with E-state index in [1.165, 1.54) is 6.07 Å². The normalized spacial score (nSPS) is 10.3. The highest BCUT2D eigenvalue weighted by atomic mass is 79.9. The van der Waals surface area contributed by atoms with Gasteiger partial charge in [0, 0.05) is 11.2 Å². The molecule has 0 atom stereocenters. The van der Waals surface area contributed by atoms with Crippen molar-refractivity contribution in [3.63, 3.8) is 0 Å². The van der Waals surface area contributed by atoms with Gasteiger partial charge in [0.25, 0.3) is 5.91 Å². The first-order valence-corrected chi connectivity index (χ1v) is 7.23. The Morgan fingerprint density at radius 3 is 2.86 bits per heavy atom. The fourth-order valence-electron chi connectivity index (χ4n) is 1.65. The number of nitrogens with zero attached hydrogens (tertiary/aromatic N) is 1. The first-order chi connectivity index (χ1) is 10.0. The first kappa shape index (κ1) is 15.7. The van der Waals surface area contributed by atoms with Gasteiger partial charge in [-0.3, -0.25) is 4.79 Å². The van der Waals surface area contributed by atoms with Crippen molar-refractivity contribution in [3.8, 4) is 5.75 Å². The van der Waals surface area contributed by atoms with Crippen LogP contribution in [-0.4, -0.2) is 17.5 Å². The maximum Gasteiger partial charge on any atom is 0.257 e. The van der Waals surface area contributed by atoms with Crippen molar-refractivity contribution in [2.24, 2.45) is 0 Å². The number of rotatable bonds is 4. The van der Waals surface area contributed by atoms with E-state index in [1.807, 2.05) is 6.92 Å². The van der Waals surface area contributed by atoms with E-state index in [0.717, 1.165) is 12.3 Å². The molecule has 0 aliphatic rings. The Hall–Kier alpha value is -1.66. The van der Waals surface area contributed by atoms with Gasteiger partial charge in [-0.1, -0.05) is 11.6 Å². The fourth-order valence-corrected chi connectivity index (χ4v) is 2.57. The predicted molar refractivity (Wildman–Crippen MR) is 82.5 cm³/mol. The van der Waals surface area contributed by atoms with Crippen molar-refractivity contribution in [2.45, 2.75) is 6.92 Å². The zero-order valence-electron chi connectivity index (χ0n) is 11.0. The molecule has 0 unspecified atom stereocenters. The van der Waals surface area contributed by atoms with Crippen molar-refractivity contribution >= 4 is 39.1 Å². The lowest BCUT2D eigenvalue weighted by atomic mass is 10.2. The van der Waals surface area contributed by atoms with Gasteiger partial charge < -0.3 is 10.1 Å². The summed E-state index contributed by atoms with van der Waals surface area (Å²) in [6.07, 6.45) is 1.16. The number of benzene rings is 1. The van der Waals surface area contributed by atoms with Crippen LogP contribution in [0.3, 0.4) is 0 Å². The SMILES string of the molecule is CCOc1c(Br)cc(Cl)cc1NC(=O)c1ccc(F)nc1. The summed E-state index contributed by atoms with van der Waals surface area (Å²) in [6, 6.07) is 5.71. The van der Waals surface area contributed by atoms with Gasteiger partial charge in [0.15, 0.2) is 5.75 Å². The summed E-state index contributed by atoms with van der Waals surface area (Å²) >= 11 is 9.31. The number of ether oxygens (including phenoxy) is 1. The molecule has 2 aromatic rings. The van der Waals surface area contributed by atoms with Crippen LogP contribution in [-0.2, 0) is 0 Å². The summed E-state index contributed by atoms with van der Waals surface area (Å²) in [6.45, 7) is 2.26. The van der Waals surface area contributed by atoms with Crippen molar-refractivity contribution in [1.29, 1.82) is 0 Å². The minimum atomic E-state index is -0.646. The topological polar surface area (TPSA) is 51.2 Å². The number of hydrogen-bond acceptors (Lipinski definition) is 3. The molecular weight excluding hydrogens is 363 g/mol. The van der Waals surface area contributed by atoms with Crippen LogP contribution < -0.4 is 10.1 Å². The van der Waals surface area contributed by atoms with Crippen LogP contribution in [0, 0.1) is 5.95 Å². The zero-order valence-corrected chi connectivity index (χ0v) is 13.3. The van der Waals surface area contributed by atoms with Gasteiger partial charge in [-0.15, -0.1) is 0 Å². The molecule has 1 aromatic heterocycles. The summed E-state index contributed by atoms with van der Waals surface area (Å²) in [7, 11) is 0. The summed E-state index contributed by atoms with van der Waals surface area (Å²) in [4.78, 5) is 15.6. The molecule has 7 heteroatoms. The maximum atomic E-state index is 12.8. The Bertz CT molecular complexity index is 665. The van der Waals surface area contributed by atoms with E-state index in [0.29, 0.717) is 27.5 Å². The third-order valence-electron chi connectivity index (χ3n) is 2.53. The molecule has 0 aliphatic carbocycles. The van der Waals surface area contributed by atoms with Crippen LogP contribution in [0.2, 0.25) is 5.02 Å². The second-order valence-corrected chi connectivity index (χ2v) is 5.31. The highest BCUT2D eigenvalue weighted by molar-refractivity contribution is 9.10. The smallest absolute Gasteiger partial charge is 0.257 e. The standard InChI is InChI=1S/C14H11BrClFN2O2/c1-2-21-13-10(15)5-9(16)6-11(13)19-14(20)8-3-4-12(17)18-7-8/h3-7H,2H2,1H3,(H,19,20). The van der Waals surface area contributed by atoms with Crippen LogP contribution in [0.25, 0.3) is 0 Å². The monoisotopic (exact) mass is 372 g/mol. The summed E-state index contributed by atoms with van der Waals surface area (Å²) in [5.41, 5.74) is 0.653. The van der Waals surface area contributed by atoms with Crippen molar-refractivity contribution < 1.29 is 13.9 Å². The van der Waals surface area contributed by atoms with Crippen LogP contribution >= 0.6 is 27.5 Å². The Kier molecular flexibility index (Phi) is 5.14. The molecule has 0 radical (unpaired) electrons. The number of anilines is 1. The minimum Gasteiger partial charge on any atom is -0.491 e. The Labute approximate surface area is 134 Å². The number of pyridine rings is 1. The highest BCUT2D eigenvalue weighted by Gasteiger charge is 2.14. The van der Waals surface area contributed by atoms with Crippen LogP contribution in [0.1, 0.15) is 17.3 Å². The fraction of sp³-hybridized carbons (Fsp3) is 0.143. The molecule has 0 spiro atoms. The van der Waals surface area contributed by atoms with Crippen molar-refractivity contribution in [1.82, 2.24) is 4.98 Å². The van der Waals surface area contributed by atoms with Gasteiger partial charge in [-0.2, -0.15) is 4.39 Å². The van der Waals surface area contributed by atoms with E-state index < -0.39 is 11.9 Å². The number of hydrogen-bond donors (Lipinski definition) is 1. The van der Waals surface area contributed by atoms with E-state index >= 15 is 0 Å². The third-order valence-corrected chi connectivity index (χ3v) is 3.34. The average molecular weight is 374 g/mol. The predicted octanol–water partition coefficient (Wildman–Crippen LogP) is 4.29. The molecular formula is C14H11BrClFN2O2. The lowest BCUT2D eigenvalue weighted by molar-refractivity contribution is 0.102. The second kappa shape index (κ2) is 6.87. The van der Waals surface area contributed by atoms with Crippen LogP contribution in [0.4, 0.5) is 10.1 Å². The Balaban J connectivity index is 2.29. The molecule has 0 aliphatic heterocycles. The quantitative estimate of drug-likeness (QED) is 0.814. The third kappa shape index (κ3) is 3.92. The van der Waals surface area contributed by atoms with Gasteiger partial charge in [0.2, 0.25) is 5.95 Å². The molecule has 4 nitrogen and oxygen atoms in total. The minimum absolute atomic E-state index is 0.231. The number of halogens is 3. The van der Waals surface area contributed by atoms with Crippen molar-refractivity contribution in [2.75, 3.05) is 11.9 Å². The number of carbonyl (C=O) groups is 1. The van der Waals surface area contributed by atoms with Crippen molar-refractivity contribution in [3.05, 3.63) is 51.5 Å². The molecule has 0 fully saturated rings. The summed E-state index contributed by atoms with van der Waals surface area (Å²) in [5, 5.41) is 3.11. The molecule has 21 heavy (non-hydrogen) atoms. The molecule has 1 N–H and O–H groups in total. The average Bonchev–Trinajstić information content (AvgIpc) is 2.43. The zero-order chi connectivity index (χ0) is 15.4. The molecule has 2 rings (SSSR count). The van der Waals surface area contributed by atoms with Gasteiger partial charge in [0.1, 0.15) is 0 Å². The van der Waals surface area contributed by atoms with Crippen LogP contribution in [0.5, 0.6) is 5.75 Å². The van der Waals surface area contributed by atoms with E-state index in [9.17, 15) is 9.18 Å². The highest BCUT2D eigenvalue weighted by Crippen LogP contribution is 2.36. The van der Waals surface area contributed by atoms with Gasteiger partial charge in [0.05, 0.1) is 22.3 Å². The molecule has 1 amide bonds. The molecule has 1 aromatic carbocycles. The number of aromatic nitrogens is 1. The number of amides is 1. The molecule has 0 saturated carbocycles. The maximum absolute atomic E-state index is 12.8. The lowest BCUT2D eigenvalue weighted by Gasteiger charge is -2.13. The molecule has 0 bridgehead atoms. The van der Waals surface area contributed by atoms with Gasteiger partial charge in [-0.25, -0.2) is 4.98 Å². The molecule has 110 valence electrons. The number of nitrogens with one attached hydrogen (secondary N) is 1. The van der Waals surface area contributed by atoms with E-state index in [4.69, 9.17) is 16.3 Å². The Morgan fingerprint density at radius 1 is 1.48 bits per heavy atom. The van der Waals surface area contributed by atoms with E-state index in [2.05, 4.69) is 26.2 Å². The lowest BCUT2D eigenvalue weighted by Crippen LogP contribution is -2.13. The molecule has 0 saturated heterocycles.